The average Bonchev–Trinajstić information content (AvgIpc) is 2.58. The van der Waals surface area contributed by atoms with Crippen LogP contribution in [-0.4, -0.2) is 18.0 Å². The fraction of sp³-hybridized carbons (Fsp3) is 0.818. The predicted octanol–water partition coefficient (Wildman–Crippen LogP) is 2.10. The molecule has 0 aromatic carbocycles. The van der Waals surface area contributed by atoms with Crippen LogP contribution in [0.25, 0.3) is 0 Å². The van der Waals surface area contributed by atoms with Crippen molar-refractivity contribution in [1.82, 2.24) is 0 Å². The Morgan fingerprint density at radius 1 is 1.31 bits per heavy atom. The molecular formula is C11H16O2. The zero-order valence-corrected chi connectivity index (χ0v) is 8.19. The van der Waals surface area contributed by atoms with Gasteiger partial charge in [0.1, 0.15) is 0 Å². The molecule has 1 saturated carbocycles. The second-order valence-electron chi connectivity index (χ2n) is 4.88. The Morgan fingerprint density at radius 3 is 3.00 bits per heavy atom. The molecule has 0 unspecified atom stereocenters. The molecule has 0 spiro atoms. The molecule has 2 nitrogen and oxygen atoms in total. The van der Waals surface area contributed by atoms with Crippen molar-refractivity contribution in [3.8, 4) is 0 Å². The van der Waals surface area contributed by atoms with Gasteiger partial charge in [0.2, 0.25) is 0 Å². The van der Waals surface area contributed by atoms with Gasteiger partial charge in [0.15, 0.2) is 5.79 Å². The van der Waals surface area contributed by atoms with Gasteiger partial charge in [-0.15, -0.1) is 0 Å². The van der Waals surface area contributed by atoms with Gasteiger partial charge < -0.3 is 9.47 Å². The summed E-state index contributed by atoms with van der Waals surface area (Å²) in [6.45, 7) is 4.03. The Morgan fingerprint density at radius 2 is 2.15 bits per heavy atom. The van der Waals surface area contributed by atoms with E-state index in [2.05, 4.69) is 12.2 Å². The van der Waals surface area contributed by atoms with Crippen molar-refractivity contribution in [2.24, 2.45) is 11.8 Å². The number of rotatable bonds is 0. The first-order valence-corrected chi connectivity index (χ1v) is 5.18. The van der Waals surface area contributed by atoms with Crippen LogP contribution in [0.4, 0.5) is 0 Å². The second-order valence-corrected chi connectivity index (χ2v) is 4.88. The maximum Gasteiger partial charge on any atom is 0.163 e. The minimum atomic E-state index is -0.350. The highest BCUT2D eigenvalue weighted by Gasteiger charge is 2.52. The lowest BCUT2D eigenvalue weighted by molar-refractivity contribution is -0.157. The van der Waals surface area contributed by atoms with E-state index in [1.54, 1.807) is 0 Å². The summed E-state index contributed by atoms with van der Waals surface area (Å²) in [5.41, 5.74) is 0. The number of fused-ring (bicyclic) bond motifs is 3. The van der Waals surface area contributed by atoms with Crippen molar-refractivity contribution in [2.75, 3.05) is 0 Å². The van der Waals surface area contributed by atoms with Crippen LogP contribution in [0.15, 0.2) is 12.2 Å². The first-order chi connectivity index (χ1) is 6.16. The summed E-state index contributed by atoms with van der Waals surface area (Å²) in [5.74, 6) is 1.08. The van der Waals surface area contributed by atoms with E-state index in [0.29, 0.717) is 18.1 Å². The Labute approximate surface area is 78.9 Å². The molecule has 0 amide bonds. The minimum absolute atomic E-state index is 0.332. The molecule has 0 radical (unpaired) electrons. The van der Waals surface area contributed by atoms with E-state index in [-0.39, 0.29) is 5.79 Å². The Balaban J connectivity index is 1.84. The lowest BCUT2D eigenvalue weighted by atomic mass is 9.99. The number of allylic oxidation sites excluding steroid dienone is 1. The molecular weight excluding hydrogens is 164 g/mol. The van der Waals surface area contributed by atoms with Crippen molar-refractivity contribution in [1.29, 1.82) is 0 Å². The zero-order chi connectivity index (χ0) is 9.05. The molecule has 1 aliphatic heterocycles. The molecule has 1 saturated heterocycles. The van der Waals surface area contributed by atoms with Crippen molar-refractivity contribution in [3.05, 3.63) is 12.2 Å². The monoisotopic (exact) mass is 180 g/mol. The fourth-order valence-corrected chi connectivity index (χ4v) is 3.03. The summed E-state index contributed by atoms with van der Waals surface area (Å²) in [6.07, 6.45) is 7.71. The maximum atomic E-state index is 5.91. The van der Waals surface area contributed by atoms with Gasteiger partial charge in [0, 0.05) is 5.92 Å². The van der Waals surface area contributed by atoms with Gasteiger partial charge in [-0.3, -0.25) is 0 Å². The summed E-state index contributed by atoms with van der Waals surface area (Å²) in [7, 11) is 0. The molecule has 72 valence electrons. The quantitative estimate of drug-likeness (QED) is 0.531. The van der Waals surface area contributed by atoms with E-state index < -0.39 is 0 Å². The number of ether oxygens (including phenoxy) is 2. The molecule has 13 heavy (non-hydrogen) atoms. The van der Waals surface area contributed by atoms with Crippen LogP contribution in [0, 0.1) is 11.8 Å². The summed E-state index contributed by atoms with van der Waals surface area (Å²) in [4.78, 5) is 0. The van der Waals surface area contributed by atoms with Crippen LogP contribution >= 0.6 is 0 Å². The van der Waals surface area contributed by atoms with Crippen molar-refractivity contribution < 1.29 is 9.47 Å². The molecule has 0 aromatic rings. The molecule has 0 aromatic heterocycles. The molecule has 4 atom stereocenters. The van der Waals surface area contributed by atoms with Gasteiger partial charge in [-0.25, -0.2) is 0 Å². The van der Waals surface area contributed by atoms with Gasteiger partial charge in [-0.2, -0.15) is 0 Å². The van der Waals surface area contributed by atoms with Gasteiger partial charge in [0.25, 0.3) is 0 Å². The van der Waals surface area contributed by atoms with Gasteiger partial charge in [-0.1, -0.05) is 12.2 Å². The minimum Gasteiger partial charge on any atom is -0.345 e. The van der Waals surface area contributed by atoms with Crippen LogP contribution in [0.3, 0.4) is 0 Å². The summed E-state index contributed by atoms with van der Waals surface area (Å²) in [6, 6.07) is 0. The molecule has 0 bridgehead atoms. The van der Waals surface area contributed by atoms with Crippen molar-refractivity contribution in [2.45, 2.75) is 44.7 Å². The first kappa shape index (κ1) is 8.01. The van der Waals surface area contributed by atoms with Crippen molar-refractivity contribution in [3.63, 3.8) is 0 Å². The molecule has 2 aliphatic carbocycles. The second kappa shape index (κ2) is 2.37. The lowest BCUT2D eigenvalue weighted by Crippen LogP contribution is -2.25. The molecule has 0 N–H and O–H groups in total. The van der Waals surface area contributed by atoms with Crippen LogP contribution < -0.4 is 0 Å². The largest absolute Gasteiger partial charge is 0.345 e. The van der Waals surface area contributed by atoms with Crippen LogP contribution in [-0.2, 0) is 9.47 Å². The molecule has 3 rings (SSSR count). The van der Waals surface area contributed by atoms with E-state index in [1.807, 2.05) is 13.8 Å². The van der Waals surface area contributed by atoms with E-state index in [4.69, 9.17) is 9.47 Å². The number of hydrogen-bond acceptors (Lipinski definition) is 2. The summed E-state index contributed by atoms with van der Waals surface area (Å²) < 4.78 is 11.8. The van der Waals surface area contributed by atoms with E-state index in [9.17, 15) is 0 Å². The van der Waals surface area contributed by atoms with E-state index in [0.717, 1.165) is 5.92 Å². The standard InChI is InChI=1S/C11H16O2/c1-11(2)12-9-6-7-4-3-5-8(7)10(9)13-11/h3,5,7-10H,4,6H2,1-2H3/t7-,8-,9+,10-/m1/s1. The van der Waals surface area contributed by atoms with Crippen LogP contribution in [0.5, 0.6) is 0 Å². The Bertz CT molecular complexity index is 257. The Kier molecular flexibility index (Phi) is 1.46. The topological polar surface area (TPSA) is 18.5 Å². The van der Waals surface area contributed by atoms with Gasteiger partial charge >= 0.3 is 0 Å². The summed E-state index contributed by atoms with van der Waals surface area (Å²) in [5, 5.41) is 0. The highest BCUT2D eigenvalue weighted by Crippen LogP contribution is 2.48. The fourth-order valence-electron chi connectivity index (χ4n) is 3.03. The highest BCUT2D eigenvalue weighted by atomic mass is 16.8. The predicted molar refractivity (Wildman–Crippen MR) is 49.2 cm³/mol. The zero-order valence-electron chi connectivity index (χ0n) is 8.19. The van der Waals surface area contributed by atoms with E-state index >= 15 is 0 Å². The molecule has 1 heterocycles. The smallest absolute Gasteiger partial charge is 0.163 e. The first-order valence-electron chi connectivity index (χ1n) is 5.18. The third-order valence-electron chi connectivity index (χ3n) is 3.48. The molecule has 2 fully saturated rings. The third-order valence-corrected chi connectivity index (χ3v) is 3.48. The number of hydrogen-bond donors (Lipinski definition) is 0. The maximum absolute atomic E-state index is 5.91. The van der Waals surface area contributed by atoms with Crippen LogP contribution in [0.1, 0.15) is 26.7 Å². The van der Waals surface area contributed by atoms with Crippen molar-refractivity contribution >= 4 is 0 Å². The lowest BCUT2D eigenvalue weighted by Gasteiger charge is -2.21. The summed E-state index contributed by atoms with van der Waals surface area (Å²) >= 11 is 0. The average molecular weight is 180 g/mol. The SMILES string of the molecule is CC1(C)O[C@@H]2[C@@H]3C=CC[C@@H]3C[C@@H]2O1. The van der Waals surface area contributed by atoms with Crippen LogP contribution in [0.2, 0.25) is 0 Å². The third kappa shape index (κ3) is 1.09. The normalized spacial score (nSPS) is 50.9. The van der Waals surface area contributed by atoms with E-state index in [1.165, 1.54) is 12.8 Å². The molecule has 3 aliphatic rings. The molecule has 2 heteroatoms. The highest BCUT2D eigenvalue weighted by molar-refractivity contribution is 5.12. The Hall–Kier alpha value is -0.340. The van der Waals surface area contributed by atoms with Gasteiger partial charge in [0.05, 0.1) is 12.2 Å². The van der Waals surface area contributed by atoms with Gasteiger partial charge in [-0.05, 0) is 32.6 Å².